The number of nitrogens with one attached hydrogen (secondary N) is 2. The number of morpholine rings is 1. The first-order valence-electron chi connectivity index (χ1n) is 8.47. The zero-order chi connectivity index (χ0) is 16.1. The van der Waals surface area contributed by atoms with Gasteiger partial charge >= 0.3 is 6.03 Å². The third kappa shape index (κ3) is 4.22. The van der Waals surface area contributed by atoms with E-state index in [1.807, 2.05) is 6.92 Å². The number of ether oxygens (including phenoxy) is 1. The van der Waals surface area contributed by atoms with Crippen molar-refractivity contribution in [1.82, 2.24) is 20.5 Å². The Morgan fingerprint density at radius 1 is 1.39 bits per heavy atom. The Morgan fingerprint density at radius 3 is 2.78 bits per heavy atom. The first kappa shape index (κ1) is 16.7. The molecule has 1 saturated heterocycles. The summed E-state index contributed by atoms with van der Waals surface area (Å²) in [5, 5.41) is 9.33. The number of rotatable bonds is 5. The van der Waals surface area contributed by atoms with Crippen molar-refractivity contribution in [3.8, 4) is 0 Å². The fraction of sp³-hybridized carbons (Fsp3) is 0.750. The van der Waals surface area contributed by atoms with Crippen molar-refractivity contribution in [1.29, 1.82) is 0 Å². The SMILES string of the molecule is Cc1csc(C2(NC(=O)NCCN3CCOCC3)CCCC2)n1. The zero-order valence-electron chi connectivity index (χ0n) is 13.8. The van der Waals surface area contributed by atoms with E-state index in [0.717, 1.165) is 69.2 Å². The van der Waals surface area contributed by atoms with E-state index < -0.39 is 0 Å². The number of aromatic nitrogens is 1. The zero-order valence-corrected chi connectivity index (χ0v) is 14.6. The summed E-state index contributed by atoms with van der Waals surface area (Å²) in [6.45, 7) is 7.03. The van der Waals surface area contributed by atoms with Crippen LogP contribution in [0.1, 0.15) is 36.4 Å². The van der Waals surface area contributed by atoms with Crippen LogP contribution in [-0.2, 0) is 10.3 Å². The lowest BCUT2D eigenvalue weighted by molar-refractivity contribution is 0.0387. The molecule has 23 heavy (non-hydrogen) atoms. The fourth-order valence-corrected chi connectivity index (χ4v) is 4.37. The summed E-state index contributed by atoms with van der Waals surface area (Å²) in [4.78, 5) is 19.3. The molecule has 2 aliphatic rings. The second-order valence-electron chi connectivity index (χ2n) is 6.42. The van der Waals surface area contributed by atoms with Crippen LogP contribution in [0.4, 0.5) is 4.79 Å². The standard InChI is InChI=1S/C16H26N4O2S/c1-13-12-23-14(18-13)16(4-2-3-5-16)19-15(21)17-6-7-20-8-10-22-11-9-20/h12H,2-11H2,1H3,(H2,17,19,21). The second kappa shape index (κ2) is 7.59. The van der Waals surface area contributed by atoms with E-state index in [0.29, 0.717) is 6.54 Å². The van der Waals surface area contributed by atoms with E-state index in [2.05, 4.69) is 25.9 Å². The third-order valence-corrected chi connectivity index (χ3v) is 5.82. The van der Waals surface area contributed by atoms with Gasteiger partial charge in [0.15, 0.2) is 0 Å². The molecular weight excluding hydrogens is 312 g/mol. The summed E-state index contributed by atoms with van der Waals surface area (Å²) in [6, 6.07) is -0.0759. The maximum atomic E-state index is 12.3. The molecular formula is C16H26N4O2S. The van der Waals surface area contributed by atoms with Gasteiger partial charge in [0.2, 0.25) is 0 Å². The molecule has 0 atom stereocenters. The van der Waals surface area contributed by atoms with Crippen molar-refractivity contribution < 1.29 is 9.53 Å². The molecule has 0 radical (unpaired) electrons. The van der Waals surface area contributed by atoms with Crippen LogP contribution < -0.4 is 10.6 Å². The number of hydrogen-bond donors (Lipinski definition) is 2. The Hall–Kier alpha value is -1.18. The third-order valence-electron chi connectivity index (χ3n) is 4.66. The van der Waals surface area contributed by atoms with Crippen LogP contribution in [-0.4, -0.2) is 55.3 Å². The van der Waals surface area contributed by atoms with Crippen molar-refractivity contribution >= 4 is 17.4 Å². The van der Waals surface area contributed by atoms with Crippen molar-refractivity contribution in [3.63, 3.8) is 0 Å². The average molecular weight is 338 g/mol. The second-order valence-corrected chi connectivity index (χ2v) is 7.28. The lowest BCUT2D eigenvalue weighted by atomic mass is 9.99. The lowest BCUT2D eigenvalue weighted by Crippen LogP contribution is -2.50. The maximum Gasteiger partial charge on any atom is 0.315 e. The van der Waals surface area contributed by atoms with Gasteiger partial charge in [0.05, 0.1) is 18.8 Å². The Balaban J connectivity index is 1.50. The molecule has 1 saturated carbocycles. The minimum atomic E-state index is -0.262. The Morgan fingerprint density at radius 2 is 2.13 bits per heavy atom. The predicted octanol–water partition coefficient (Wildman–Crippen LogP) is 1.85. The summed E-state index contributed by atoms with van der Waals surface area (Å²) in [6.07, 6.45) is 4.26. The first-order chi connectivity index (χ1) is 11.2. The maximum absolute atomic E-state index is 12.3. The largest absolute Gasteiger partial charge is 0.379 e. The summed E-state index contributed by atoms with van der Waals surface area (Å²) in [7, 11) is 0. The predicted molar refractivity (Wildman–Crippen MR) is 90.8 cm³/mol. The molecule has 0 spiro atoms. The molecule has 2 amide bonds. The van der Waals surface area contributed by atoms with Gasteiger partial charge in [-0.2, -0.15) is 0 Å². The van der Waals surface area contributed by atoms with Crippen molar-refractivity contribution in [3.05, 3.63) is 16.1 Å². The van der Waals surface area contributed by atoms with Crippen LogP contribution in [0.2, 0.25) is 0 Å². The minimum absolute atomic E-state index is 0.0759. The summed E-state index contributed by atoms with van der Waals surface area (Å²) in [5.74, 6) is 0. The first-order valence-corrected chi connectivity index (χ1v) is 9.35. The molecule has 0 unspecified atom stereocenters. The molecule has 6 nitrogen and oxygen atoms in total. The summed E-state index contributed by atoms with van der Waals surface area (Å²) < 4.78 is 5.33. The van der Waals surface area contributed by atoms with Gasteiger partial charge in [0, 0.05) is 37.3 Å². The van der Waals surface area contributed by atoms with Gasteiger partial charge < -0.3 is 15.4 Å². The molecule has 7 heteroatoms. The minimum Gasteiger partial charge on any atom is -0.379 e. The monoisotopic (exact) mass is 338 g/mol. The van der Waals surface area contributed by atoms with E-state index in [4.69, 9.17) is 4.74 Å². The van der Waals surface area contributed by atoms with Gasteiger partial charge in [-0.15, -0.1) is 11.3 Å². The summed E-state index contributed by atoms with van der Waals surface area (Å²) >= 11 is 1.66. The van der Waals surface area contributed by atoms with Crippen LogP contribution in [0.15, 0.2) is 5.38 Å². The van der Waals surface area contributed by atoms with Crippen LogP contribution in [0.3, 0.4) is 0 Å². The number of nitrogens with zero attached hydrogens (tertiary/aromatic N) is 2. The molecule has 1 aliphatic heterocycles. The molecule has 3 rings (SSSR count). The van der Waals surface area contributed by atoms with Gasteiger partial charge in [-0.05, 0) is 19.8 Å². The number of carbonyl (C=O) groups is 1. The van der Waals surface area contributed by atoms with Gasteiger partial charge in [0.25, 0.3) is 0 Å². The van der Waals surface area contributed by atoms with Crippen molar-refractivity contribution in [2.24, 2.45) is 0 Å². The Labute approximate surface area is 141 Å². The molecule has 128 valence electrons. The average Bonchev–Trinajstić information content (AvgIpc) is 3.18. The highest BCUT2D eigenvalue weighted by atomic mass is 32.1. The van der Waals surface area contributed by atoms with Gasteiger partial charge in [-0.25, -0.2) is 9.78 Å². The molecule has 2 fully saturated rings. The lowest BCUT2D eigenvalue weighted by Gasteiger charge is -2.29. The molecule has 1 aromatic heterocycles. The molecule has 2 heterocycles. The van der Waals surface area contributed by atoms with E-state index in [9.17, 15) is 4.79 Å². The van der Waals surface area contributed by atoms with E-state index in [-0.39, 0.29) is 11.6 Å². The van der Waals surface area contributed by atoms with Crippen LogP contribution in [0, 0.1) is 6.92 Å². The molecule has 1 aromatic rings. The number of hydrogen-bond acceptors (Lipinski definition) is 5. The van der Waals surface area contributed by atoms with Crippen LogP contribution in [0.25, 0.3) is 0 Å². The smallest absolute Gasteiger partial charge is 0.315 e. The van der Waals surface area contributed by atoms with E-state index in [1.54, 1.807) is 11.3 Å². The van der Waals surface area contributed by atoms with Gasteiger partial charge in [-0.1, -0.05) is 12.8 Å². The Kier molecular flexibility index (Phi) is 5.50. The molecule has 0 aromatic carbocycles. The van der Waals surface area contributed by atoms with Crippen LogP contribution >= 0.6 is 11.3 Å². The molecule has 0 bridgehead atoms. The number of urea groups is 1. The highest BCUT2D eigenvalue weighted by Gasteiger charge is 2.39. The number of amides is 2. The summed E-state index contributed by atoms with van der Waals surface area (Å²) in [5.41, 5.74) is 0.771. The van der Waals surface area contributed by atoms with Crippen molar-refractivity contribution in [2.45, 2.75) is 38.1 Å². The highest BCUT2D eigenvalue weighted by molar-refractivity contribution is 7.09. The van der Waals surface area contributed by atoms with E-state index in [1.165, 1.54) is 0 Å². The highest BCUT2D eigenvalue weighted by Crippen LogP contribution is 2.39. The number of aryl methyl sites for hydroxylation is 1. The molecule has 1 aliphatic carbocycles. The quantitative estimate of drug-likeness (QED) is 0.860. The van der Waals surface area contributed by atoms with Crippen molar-refractivity contribution in [2.75, 3.05) is 39.4 Å². The van der Waals surface area contributed by atoms with Crippen LogP contribution in [0.5, 0.6) is 0 Å². The Bertz CT molecular complexity index is 522. The normalized spacial score (nSPS) is 21.3. The fourth-order valence-electron chi connectivity index (χ4n) is 3.36. The number of carbonyl (C=O) groups excluding carboxylic acids is 1. The van der Waals surface area contributed by atoms with Gasteiger partial charge in [-0.3, -0.25) is 4.90 Å². The topological polar surface area (TPSA) is 66.5 Å². The van der Waals surface area contributed by atoms with E-state index >= 15 is 0 Å². The number of thiazole rings is 1. The van der Waals surface area contributed by atoms with Gasteiger partial charge in [0.1, 0.15) is 5.01 Å². The molecule has 2 N–H and O–H groups in total.